The van der Waals surface area contributed by atoms with Gasteiger partial charge in [-0.05, 0) is 19.3 Å². The molecule has 0 aromatic carbocycles. The van der Waals surface area contributed by atoms with E-state index in [0.29, 0.717) is 12.3 Å². The fourth-order valence-electron chi connectivity index (χ4n) is 2.60. The van der Waals surface area contributed by atoms with E-state index < -0.39 is 11.5 Å². The molecule has 0 saturated carbocycles. The molecule has 1 saturated heterocycles. The Labute approximate surface area is 95.8 Å². The van der Waals surface area contributed by atoms with E-state index in [2.05, 4.69) is 27.7 Å². The summed E-state index contributed by atoms with van der Waals surface area (Å²) in [5, 5.41) is 9.02. The molecule has 0 aromatic rings. The molecular formula is C11H21NO2S. The minimum absolute atomic E-state index is 0.138. The third-order valence-corrected chi connectivity index (χ3v) is 4.94. The molecule has 1 unspecified atom stereocenters. The van der Waals surface area contributed by atoms with Gasteiger partial charge in [-0.2, -0.15) is 0 Å². The molecule has 15 heavy (non-hydrogen) atoms. The van der Waals surface area contributed by atoms with Crippen LogP contribution in [0.2, 0.25) is 0 Å². The summed E-state index contributed by atoms with van der Waals surface area (Å²) >= 11 is 1.90. The van der Waals surface area contributed by atoms with Gasteiger partial charge in [-0.3, -0.25) is 4.79 Å². The van der Waals surface area contributed by atoms with Crippen molar-refractivity contribution in [2.24, 2.45) is 11.7 Å². The van der Waals surface area contributed by atoms with Crippen LogP contribution in [0.5, 0.6) is 0 Å². The van der Waals surface area contributed by atoms with Gasteiger partial charge in [0.1, 0.15) is 5.54 Å². The molecule has 3 N–H and O–H groups in total. The van der Waals surface area contributed by atoms with Gasteiger partial charge in [0.25, 0.3) is 0 Å². The largest absolute Gasteiger partial charge is 0.480 e. The number of carboxylic acids is 1. The molecule has 0 aromatic heterocycles. The number of hydrogen-bond acceptors (Lipinski definition) is 3. The normalized spacial score (nSPS) is 27.9. The zero-order chi connectivity index (χ0) is 12.1. The molecule has 88 valence electrons. The highest BCUT2D eigenvalue weighted by Crippen LogP contribution is 2.61. The molecule has 4 heteroatoms. The number of aliphatic carboxylic acids is 1. The van der Waals surface area contributed by atoms with Crippen molar-refractivity contribution >= 4 is 17.7 Å². The van der Waals surface area contributed by atoms with Crippen LogP contribution >= 0.6 is 11.8 Å². The Morgan fingerprint density at radius 2 is 1.80 bits per heavy atom. The van der Waals surface area contributed by atoms with Crippen molar-refractivity contribution in [1.82, 2.24) is 0 Å². The molecule has 0 bridgehead atoms. The van der Waals surface area contributed by atoms with Crippen LogP contribution in [0.15, 0.2) is 0 Å². The summed E-state index contributed by atoms with van der Waals surface area (Å²) in [4.78, 5) is 11.0. The Kier molecular flexibility index (Phi) is 2.90. The van der Waals surface area contributed by atoms with Gasteiger partial charge in [-0.15, -0.1) is 11.8 Å². The van der Waals surface area contributed by atoms with Gasteiger partial charge in [0.05, 0.1) is 0 Å². The van der Waals surface area contributed by atoms with Gasteiger partial charge in [0, 0.05) is 9.49 Å². The summed E-state index contributed by atoms with van der Waals surface area (Å²) in [5.41, 5.74) is 4.69. The average molecular weight is 231 g/mol. The van der Waals surface area contributed by atoms with Crippen molar-refractivity contribution in [1.29, 1.82) is 0 Å². The predicted molar refractivity (Wildman–Crippen MR) is 64.1 cm³/mol. The summed E-state index contributed by atoms with van der Waals surface area (Å²) in [7, 11) is 0. The zero-order valence-corrected chi connectivity index (χ0v) is 10.9. The third kappa shape index (κ3) is 2.31. The molecule has 0 amide bonds. The summed E-state index contributed by atoms with van der Waals surface area (Å²) in [6, 6.07) is 0. The Morgan fingerprint density at radius 1 is 1.40 bits per heavy atom. The molecule has 0 spiro atoms. The van der Waals surface area contributed by atoms with E-state index in [1.54, 1.807) is 6.92 Å². The summed E-state index contributed by atoms with van der Waals surface area (Å²) in [5.74, 6) is -0.563. The lowest BCUT2D eigenvalue weighted by molar-refractivity contribution is -0.143. The van der Waals surface area contributed by atoms with E-state index in [1.165, 1.54) is 0 Å². The quantitative estimate of drug-likeness (QED) is 0.780. The van der Waals surface area contributed by atoms with Crippen molar-refractivity contribution < 1.29 is 9.90 Å². The first kappa shape index (κ1) is 12.8. The van der Waals surface area contributed by atoms with E-state index in [4.69, 9.17) is 10.8 Å². The van der Waals surface area contributed by atoms with Crippen molar-refractivity contribution in [3.8, 4) is 0 Å². The maximum Gasteiger partial charge on any atom is 0.323 e. The van der Waals surface area contributed by atoms with Crippen molar-refractivity contribution in [3.63, 3.8) is 0 Å². The summed E-state index contributed by atoms with van der Waals surface area (Å²) < 4.78 is 0.277. The molecule has 0 aliphatic carbocycles. The van der Waals surface area contributed by atoms with Gasteiger partial charge in [0.2, 0.25) is 0 Å². The second-order valence-electron chi connectivity index (χ2n) is 5.79. The Hall–Kier alpha value is -0.220. The topological polar surface area (TPSA) is 63.3 Å². The number of carboxylic acid groups (broad SMARTS) is 1. The van der Waals surface area contributed by atoms with E-state index in [1.807, 2.05) is 11.8 Å². The molecule has 1 rings (SSSR count). The molecule has 1 atom stereocenters. The van der Waals surface area contributed by atoms with E-state index in [9.17, 15) is 4.79 Å². The maximum absolute atomic E-state index is 11.0. The lowest BCUT2D eigenvalue weighted by Gasteiger charge is -2.58. The second kappa shape index (κ2) is 3.39. The lowest BCUT2D eigenvalue weighted by atomic mass is 9.74. The smallest absolute Gasteiger partial charge is 0.323 e. The highest BCUT2D eigenvalue weighted by atomic mass is 32.2. The van der Waals surface area contributed by atoms with Crippen LogP contribution in [-0.4, -0.2) is 26.1 Å². The van der Waals surface area contributed by atoms with Crippen molar-refractivity contribution in [2.75, 3.05) is 0 Å². The first-order chi connectivity index (χ1) is 6.49. The van der Waals surface area contributed by atoms with Crippen molar-refractivity contribution in [2.45, 2.75) is 56.1 Å². The average Bonchev–Trinajstić information content (AvgIpc) is 1.98. The standard InChI is InChI=1S/C11H21NO2S/c1-9(2)7(10(3,4)15-9)6-11(5,12)8(13)14/h7H,6,12H2,1-5H3,(H,13,14). The highest BCUT2D eigenvalue weighted by Gasteiger charge is 2.55. The fourth-order valence-corrected chi connectivity index (χ4v) is 4.81. The number of thioether (sulfide) groups is 1. The Balaban J connectivity index is 2.77. The fraction of sp³-hybridized carbons (Fsp3) is 0.909. The van der Waals surface area contributed by atoms with Crippen LogP contribution in [0.1, 0.15) is 41.0 Å². The van der Waals surface area contributed by atoms with Crippen LogP contribution in [0.25, 0.3) is 0 Å². The maximum atomic E-state index is 11.0. The number of carbonyl (C=O) groups is 1. The molecule has 3 nitrogen and oxygen atoms in total. The molecular weight excluding hydrogens is 210 g/mol. The van der Waals surface area contributed by atoms with Crippen molar-refractivity contribution in [3.05, 3.63) is 0 Å². The van der Waals surface area contributed by atoms with Gasteiger partial charge in [-0.1, -0.05) is 27.7 Å². The van der Waals surface area contributed by atoms with Gasteiger partial charge >= 0.3 is 5.97 Å². The molecule has 1 aliphatic rings. The van der Waals surface area contributed by atoms with Crippen LogP contribution in [-0.2, 0) is 4.79 Å². The predicted octanol–water partition coefficient (Wildman–Crippen LogP) is 2.10. The highest BCUT2D eigenvalue weighted by molar-refractivity contribution is 8.03. The first-order valence-corrected chi connectivity index (χ1v) is 6.03. The second-order valence-corrected chi connectivity index (χ2v) is 8.10. The minimum atomic E-state index is -1.11. The summed E-state index contributed by atoms with van der Waals surface area (Å²) in [6.07, 6.45) is 0.537. The lowest BCUT2D eigenvalue weighted by Crippen LogP contribution is -2.59. The molecule has 1 aliphatic heterocycles. The molecule has 0 radical (unpaired) electrons. The van der Waals surface area contributed by atoms with Crippen LogP contribution in [0.3, 0.4) is 0 Å². The molecule has 1 heterocycles. The minimum Gasteiger partial charge on any atom is -0.480 e. The van der Waals surface area contributed by atoms with Gasteiger partial charge in [0.15, 0.2) is 0 Å². The third-order valence-electron chi connectivity index (χ3n) is 3.32. The monoisotopic (exact) mass is 231 g/mol. The van der Waals surface area contributed by atoms with E-state index in [-0.39, 0.29) is 9.49 Å². The van der Waals surface area contributed by atoms with Gasteiger partial charge in [-0.25, -0.2) is 0 Å². The van der Waals surface area contributed by atoms with Gasteiger partial charge < -0.3 is 10.8 Å². The van der Waals surface area contributed by atoms with Crippen LogP contribution < -0.4 is 5.73 Å². The number of nitrogens with two attached hydrogens (primary N) is 1. The molecule has 1 fully saturated rings. The van der Waals surface area contributed by atoms with Crippen LogP contribution in [0.4, 0.5) is 0 Å². The zero-order valence-electron chi connectivity index (χ0n) is 10.1. The Morgan fingerprint density at radius 3 is 2.07 bits per heavy atom. The Bertz CT molecular complexity index is 270. The van der Waals surface area contributed by atoms with E-state index in [0.717, 1.165) is 0 Å². The van der Waals surface area contributed by atoms with E-state index >= 15 is 0 Å². The number of rotatable bonds is 3. The summed E-state index contributed by atoms with van der Waals surface area (Å²) in [6.45, 7) is 10.2. The first-order valence-electron chi connectivity index (χ1n) is 5.21. The van der Waals surface area contributed by atoms with Crippen LogP contribution in [0, 0.1) is 5.92 Å². The SMILES string of the molecule is CC(N)(CC1C(C)(C)SC1(C)C)C(=O)O. The number of hydrogen-bond donors (Lipinski definition) is 2.